The number of hydrogen-bond donors (Lipinski definition) is 2. The van der Waals surface area contributed by atoms with Gasteiger partial charge in [0, 0.05) is 0 Å². The van der Waals surface area contributed by atoms with E-state index in [4.69, 9.17) is 34.8 Å². The maximum absolute atomic E-state index is 11.9. The number of hydrogen-bond acceptors (Lipinski definition) is 4. The fourth-order valence-electron chi connectivity index (χ4n) is 1.40. The molecule has 108 valence electrons. The van der Waals surface area contributed by atoms with E-state index in [0.717, 1.165) is 0 Å². The van der Waals surface area contributed by atoms with Crippen molar-refractivity contribution in [3.8, 4) is 0 Å². The molecule has 0 atom stereocenters. The van der Waals surface area contributed by atoms with Crippen LogP contribution >= 0.6 is 34.8 Å². The van der Waals surface area contributed by atoms with Crippen LogP contribution in [0, 0.1) is 0 Å². The number of rotatable bonds is 2. The molecule has 0 radical (unpaired) electrons. The molecule has 9 heteroatoms. The van der Waals surface area contributed by atoms with Crippen LogP contribution in [0.2, 0.25) is 15.2 Å². The van der Waals surface area contributed by atoms with E-state index < -0.39 is 11.9 Å². The topological polar surface area (TPSA) is 84.0 Å². The Balaban J connectivity index is 2.06. The van der Waals surface area contributed by atoms with E-state index >= 15 is 0 Å². The molecule has 0 aliphatic heterocycles. The highest BCUT2D eigenvalue weighted by Gasteiger charge is 2.17. The summed E-state index contributed by atoms with van der Waals surface area (Å²) in [6, 6.07) is 3.77. The standard InChI is InChI=1S/C12H7Cl3N4O2/c13-6-2-1-3-7(14)10(6)11(20)19-12(21)18-9-5-16-8(15)4-17-9/h1-5H,(H2,17,18,19,20,21). The van der Waals surface area contributed by atoms with Crippen LogP contribution in [0.4, 0.5) is 10.6 Å². The van der Waals surface area contributed by atoms with Gasteiger partial charge in [0.2, 0.25) is 0 Å². The van der Waals surface area contributed by atoms with Gasteiger partial charge in [-0.3, -0.25) is 15.4 Å². The number of imide groups is 1. The zero-order valence-corrected chi connectivity index (χ0v) is 12.5. The van der Waals surface area contributed by atoms with Crippen molar-refractivity contribution < 1.29 is 9.59 Å². The summed E-state index contributed by atoms with van der Waals surface area (Å²) in [7, 11) is 0. The summed E-state index contributed by atoms with van der Waals surface area (Å²) in [5, 5.41) is 4.86. The highest BCUT2D eigenvalue weighted by atomic mass is 35.5. The van der Waals surface area contributed by atoms with E-state index in [1.807, 2.05) is 0 Å². The minimum absolute atomic E-state index is 0.0122. The normalized spacial score (nSPS) is 10.0. The van der Waals surface area contributed by atoms with E-state index in [2.05, 4.69) is 20.6 Å². The summed E-state index contributed by atoms with van der Waals surface area (Å²) in [6.07, 6.45) is 2.50. The summed E-state index contributed by atoms with van der Waals surface area (Å²) < 4.78 is 0. The lowest BCUT2D eigenvalue weighted by Crippen LogP contribution is -2.34. The number of carbonyl (C=O) groups is 2. The smallest absolute Gasteiger partial charge is 0.291 e. The molecule has 0 aliphatic carbocycles. The van der Waals surface area contributed by atoms with Gasteiger partial charge in [-0.15, -0.1) is 0 Å². The van der Waals surface area contributed by atoms with Crippen LogP contribution in [-0.4, -0.2) is 21.9 Å². The molecule has 2 rings (SSSR count). The Morgan fingerprint density at radius 1 is 1.00 bits per heavy atom. The van der Waals surface area contributed by atoms with Gasteiger partial charge in [-0.05, 0) is 12.1 Å². The number of aromatic nitrogens is 2. The van der Waals surface area contributed by atoms with Gasteiger partial charge in [0.15, 0.2) is 5.82 Å². The molecule has 2 N–H and O–H groups in total. The first kappa shape index (κ1) is 15.5. The monoisotopic (exact) mass is 344 g/mol. The van der Waals surface area contributed by atoms with Crippen molar-refractivity contribution in [2.45, 2.75) is 0 Å². The van der Waals surface area contributed by atoms with Crippen LogP contribution < -0.4 is 10.6 Å². The quantitative estimate of drug-likeness (QED) is 0.873. The number of carbonyl (C=O) groups excluding carboxylic acids is 2. The summed E-state index contributed by atoms with van der Waals surface area (Å²) in [5.74, 6) is -0.597. The molecule has 0 saturated carbocycles. The second kappa shape index (κ2) is 6.71. The Hall–Kier alpha value is -1.89. The molecular weight excluding hydrogens is 339 g/mol. The number of halogens is 3. The number of anilines is 1. The van der Waals surface area contributed by atoms with Gasteiger partial charge in [0.1, 0.15) is 5.15 Å². The van der Waals surface area contributed by atoms with Crippen molar-refractivity contribution in [3.63, 3.8) is 0 Å². The van der Waals surface area contributed by atoms with Crippen molar-refractivity contribution >= 4 is 52.6 Å². The first-order chi connectivity index (χ1) is 9.97. The van der Waals surface area contributed by atoms with E-state index in [-0.39, 0.29) is 26.6 Å². The van der Waals surface area contributed by atoms with Crippen LogP contribution in [-0.2, 0) is 0 Å². The number of urea groups is 1. The number of benzene rings is 1. The third-order valence-electron chi connectivity index (χ3n) is 2.28. The summed E-state index contributed by atoms with van der Waals surface area (Å²) in [6.45, 7) is 0. The summed E-state index contributed by atoms with van der Waals surface area (Å²) in [5.41, 5.74) is 0.0122. The molecule has 0 spiro atoms. The van der Waals surface area contributed by atoms with Gasteiger partial charge < -0.3 is 0 Å². The first-order valence-electron chi connectivity index (χ1n) is 5.51. The maximum atomic E-state index is 11.9. The summed E-state index contributed by atoms with van der Waals surface area (Å²) in [4.78, 5) is 31.2. The Morgan fingerprint density at radius 3 is 2.24 bits per heavy atom. The Bertz CT molecular complexity index is 671. The van der Waals surface area contributed by atoms with Gasteiger partial charge in [-0.25, -0.2) is 14.8 Å². The molecule has 0 bridgehead atoms. The molecule has 1 aromatic carbocycles. The Morgan fingerprint density at radius 2 is 1.67 bits per heavy atom. The predicted molar refractivity (Wildman–Crippen MR) is 80.0 cm³/mol. The highest BCUT2D eigenvalue weighted by Crippen LogP contribution is 2.23. The molecule has 3 amide bonds. The van der Waals surface area contributed by atoms with E-state index in [1.165, 1.54) is 24.5 Å². The molecule has 0 unspecified atom stereocenters. The minimum atomic E-state index is -0.799. The van der Waals surface area contributed by atoms with Crippen molar-refractivity contribution in [2.24, 2.45) is 0 Å². The molecule has 0 fully saturated rings. The molecule has 0 aliphatic rings. The lowest BCUT2D eigenvalue weighted by Gasteiger charge is -2.08. The fraction of sp³-hybridized carbons (Fsp3) is 0. The zero-order chi connectivity index (χ0) is 15.4. The Labute approximate surface area is 134 Å². The second-order valence-corrected chi connectivity index (χ2v) is 4.93. The van der Waals surface area contributed by atoms with Crippen molar-refractivity contribution in [1.29, 1.82) is 0 Å². The fourth-order valence-corrected chi connectivity index (χ4v) is 2.07. The maximum Gasteiger partial charge on any atom is 0.327 e. The van der Waals surface area contributed by atoms with Crippen molar-refractivity contribution in [1.82, 2.24) is 15.3 Å². The number of amides is 3. The Kier molecular flexibility index (Phi) is 4.95. The second-order valence-electron chi connectivity index (χ2n) is 3.73. The van der Waals surface area contributed by atoms with E-state index in [9.17, 15) is 9.59 Å². The molecule has 1 heterocycles. The average molecular weight is 346 g/mol. The van der Waals surface area contributed by atoms with Gasteiger partial charge in [0.25, 0.3) is 5.91 Å². The van der Waals surface area contributed by atoms with E-state index in [0.29, 0.717) is 0 Å². The van der Waals surface area contributed by atoms with Crippen LogP contribution in [0.1, 0.15) is 10.4 Å². The SMILES string of the molecule is O=C(NC(=O)c1c(Cl)cccc1Cl)Nc1cnc(Cl)cn1. The van der Waals surface area contributed by atoms with Gasteiger partial charge >= 0.3 is 6.03 Å². The van der Waals surface area contributed by atoms with Crippen molar-refractivity contribution in [2.75, 3.05) is 5.32 Å². The molecule has 1 aromatic heterocycles. The third kappa shape index (κ3) is 4.04. The molecule has 21 heavy (non-hydrogen) atoms. The van der Waals surface area contributed by atoms with E-state index in [1.54, 1.807) is 6.07 Å². The summed E-state index contributed by atoms with van der Waals surface area (Å²) >= 11 is 17.3. The lowest BCUT2D eigenvalue weighted by molar-refractivity contribution is 0.0967. The lowest BCUT2D eigenvalue weighted by atomic mass is 10.2. The molecule has 6 nitrogen and oxygen atoms in total. The zero-order valence-electron chi connectivity index (χ0n) is 10.2. The van der Waals surface area contributed by atoms with Gasteiger partial charge in [-0.1, -0.05) is 40.9 Å². The molecular formula is C12H7Cl3N4O2. The van der Waals surface area contributed by atoms with Crippen LogP contribution in [0.3, 0.4) is 0 Å². The van der Waals surface area contributed by atoms with Gasteiger partial charge in [-0.2, -0.15) is 0 Å². The highest BCUT2D eigenvalue weighted by molar-refractivity contribution is 6.40. The molecule has 0 saturated heterocycles. The minimum Gasteiger partial charge on any atom is -0.291 e. The van der Waals surface area contributed by atoms with Crippen LogP contribution in [0.5, 0.6) is 0 Å². The van der Waals surface area contributed by atoms with Crippen LogP contribution in [0.15, 0.2) is 30.6 Å². The predicted octanol–water partition coefficient (Wildman–Crippen LogP) is 3.40. The number of nitrogens with one attached hydrogen (secondary N) is 2. The number of nitrogens with zero attached hydrogens (tertiary/aromatic N) is 2. The van der Waals surface area contributed by atoms with Gasteiger partial charge in [0.05, 0.1) is 28.0 Å². The molecule has 2 aromatic rings. The van der Waals surface area contributed by atoms with Crippen molar-refractivity contribution in [3.05, 3.63) is 51.4 Å². The van der Waals surface area contributed by atoms with Crippen LogP contribution in [0.25, 0.3) is 0 Å². The average Bonchev–Trinajstić information content (AvgIpc) is 2.41. The third-order valence-corrected chi connectivity index (χ3v) is 3.10. The first-order valence-corrected chi connectivity index (χ1v) is 6.64. The largest absolute Gasteiger partial charge is 0.327 e.